The number of pyridine rings is 1. The molecule has 0 radical (unpaired) electrons. The lowest BCUT2D eigenvalue weighted by molar-refractivity contribution is -0.000137. The van der Waals surface area contributed by atoms with Gasteiger partial charge in [-0.25, -0.2) is 10.5 Å². The third-order valence-corrected chi connectivity index (χ3v) is 1.82. The fourth-order valence-corrected chi connectivity index (χ4v) is 0.968. The fourth-order valence-electron chi connectivity index (χ4n) is 0.734. The molecule has 0 aromatic carbocycles. The lowest BCUT2D eigenvalue weighted by Crippen LogP contribution is -2.27. The number of hydrogen-bond donors (Lipinski definition) is 1. The van der Waals surface area contributed by atoms with Crippen LogP contribution in [0.2, 0.25) is 0 Å². The van der Waals surface area contributed by atoms with Crippen molar-refractivity contribution < 1.29 is 9.63 Å². The Bertz CT molecular complexity index is 311. The quantitative estimate of drug-likeness (QED) is 0.843. The minimum atomic E-state index is -0.341. The molecule has 1 aromatic rings. The number of amides is 1. The molecule has 0 aliphatic rings. The molecule has 0 saturated carbocycles. The van der Waals surface area contributed by atoms with Crippen LogP contribution < -0.4 is 5.48 Å². The average molecular weight is 259 g/mol. The maximum absolute atomic E-state index is 11.3. The smallest absolute Gasteiger partial charge is 0.271 e. The fraction of sp³-hybridized carbons (Fsp3) is 0.333. The molecule has 1 rings (SSSR count). The van der Waals surface area contributed by atoms with Crippen LogP contribution in [0.1, 0.15) is 24.3 Å². The van der Waals surface area contributed by atoms with E-state index in [-0.39, 0.29) is 12.0 Å². The van der Waals surface area contributed by atoms with Crippen molar-refractivity contribution in [2.75, 3.05) is 0 Å². The third kappa shape index (κ3) is 3.43. The van der Waals surface area contributed by atoms with Crippen molar-refractivity contribution in [1.29, 1.82) is 0 Å². The molecule has 0 aliphatic carbocycles. The zero-order valence-corrected chi connectivity index (χ0v) is 9.54. The predicted octanol–water partition coefficient (Wildman–Crippen LogP) is 1.91. The van der Waals surface area contributed by atoms with E-state index in [1.807, 2.05) is 13.8 Å². The Kier molecular flexibility index (Phi) is 4.03. The van der Waals surface area contributed by atoms with Crippen LogP contribution >= 0.6 is 15.9 Å². The summed E-state index contributed by atoms with van der Waals surface area (Å²) in [7, 11) is 0. The van der Waals surface area contributed by atoms with Crippen molar-refractivity contribution in [3.05, 3.63) is 28.5 Å². The Morgan fingerprint density at radius 2 is 2.29 bits per heavy atom. The minimum absolute atomic E-state index is 0.0469. The molecule has 0 aliphatic heterocycles. The highest BCUT2D eigenvalue weighted by atomic mass is 79.9. The summed E-state index contributed by atoms with van der Waals surface area (Å²) in [5.74, 6) is -0.341. The lowest BCUT2D eigenvalue weighted by atomic mass is 10.3. The molecule has 14 heavy (non-hydrogen) atoms. The molecule has 0 atom stereocenters. The lowest BCUT2D eigenvalue weighted by Gasteiger charge is -2.07. The molecule has 76 valence electrons. The Labute approximate surface area is 90.8 Å². The zero-order valence-electron chi connectivity index (χ0n) is 7.95. The van der Waals surface area contributed by atoms with Gasteiger partial charge in [-0.2, -0.15) is 0 Å². The van der Waals surface area contributed by atoms with E-state index in [0.29, 0.717) is 5.69 Å². The van der Waals surface area contributed by atoms with Crippen molar-refractivity contribution in [3.63, 3.8) is 0 Å². The first-order chi connectivity index (χ1) is 6.59. The monoisotopic (exact) mass is 258 g/mol. The van der Waals surface area contributed by atoms with Gasteiger partial charge in [0.1, 0.15) is 5.69 Å². The van der Waals surface area contributed by atoms with Gasteiger partial charge in [0.25, 0.3) is 5.91 Å². The van der Waals surface area contributed by atoms with E-state index in [9.17, 15) is 4.79 Å². The predicted molar refractivity (Wildman–Crippen MR) is 55.6 cm³/mol. The number of hydroxylamine groups is 1. The Balaban J connectivity index is 2.57. The van der Waals surface area contributed by atoms with Gasteiger partial charge in [0.05, 0.1) is 6.10 Å². The highest BCUT2D eigenvalue weighted by Gasteiger charge is 2.06. The van der Waals surface area contributed by atoms with Crippen molar-refractivity contribution in [2.24, 2.45) is 0 Å². The third-order valence-electron chi connectivity index (χ3n) is 1.35. The highest BCUT2D eigenvalue weighted by molar-refractivity contribution is 9.10. The Hall–Kier alpha value is -0.940. The second-order valence-electron chi connectivity index (χ2n) is 2.96. The molecule has 0 spiro atoms. The molecule has 0 bridgehead atoms. The molecular formula is C9H11BrN2O2. The van der Waals surface area contributed by atoms with E-state index < -0.39 is 0 Å². The van der Waals surface area contributed by atoms with E-state index in [1.54, 1.807) is 18.3 Å². The number of carbonyl (C=O) groups is 1. The van der Waals surface area contributed by atoms with Crippen LogP contribution in [-0.2, 0) is 4.84 Å². The standard InChI is InChI=1S/C9H11BrN2O2/c1-6(2)14-12-9(13)8-4-3-7(10)5-11-8/h3-6H,1-2H3,(H,12,13). The SMILES string of the molecule is CC(C)ONC(=O)c1ccc(Br)cn1. The molecule has 1 aromatic heterocycles. The molecule has 4 nitrogen and oxygen atoms in total. The van der Waals surface area contributed by atoms with Crippen LogP contribution in [0.25, 0.3) is 0 Å². The number of hydrogen-bond acceptors (Lipinski definition) is 3. The van der Waals surface area contributed by atoms with Gasteiger partial charge in [0, 0.05) is 10.7 Å². The normalized spacial score (nSPS) is 10.3. The van der Waals surface area contributed by atoms with Gasteiger partial charge >= 0.3 is 0 Å². The summed E-state index contributed by atoms with van der Waals surface area (Å²) in [6, 6.07) is 3.36. The largest absolute Gasteiger partial charge is 0.293 e. The topological polar surface area (TPSA) is 51.2 Å². The first-order valence-corrected chi connectivity index (χ1v) is 4.96. The average Bonchev–Trinajstić information content (AvgIpc) is 2.15. The molecule has 0 fully saturated rings. The van der Waals surface area contributed by atoms with Gasteiger partial charge in [-0.1, -0.05) is 0 Å². The summed E-state index contributed by atoms with van der Waals surface area (Å²) < 4.78 is 0.832. The summed E-state index contributed by atoms with van der Waals surface area (Å²) in [6.07, 6.45) is 1.51. The maximum Gasteiger partial charge on any atom is 0.293 e. The van der Waals surface area contributed by atoms with Crippen LogP contribution in [0.3, 0.4) is 0 Å². The van der Waals surface area contributed by atoms with E-state index in [0.717, 1.165) is 4.47 Å². The number of carbonyl (C=O) groups excluding carboxylic acids is 1. The van der Waals surface area contributed by atoms with E-state index in [4.69, 9.17) is 4.84 Å². The summed E-state index contributed by atoms with van der Waals surface area (Å²) in [5, 5.41) is 0. The number of nitrogens with one attached hydrogen (secondary N) is 1. The molecule has 5 heteroatoms. The molecule has 1 heterocycles. The first kappa shape index (κ1) is 11.1. The molecular weight excluding hydrogens is 248 g/mol. The van der Waals surface area contributed by atoms with Gasteiger partial charge in [0.2, 0.25) is 0 Å². The van der Waals surface area contributed by atoms with Gasteiger partial charge in [-0.05, 0) is 41.9 Å². The maximum atomic E-state index is 11.3. The Morgan fingerprint density at radius 1 is 1.57 bits per heavy atom. The molecule has 1 N–H and O–H groups in total. The molecule has 0 saturated heterocycles. The molecule has 1 amide bonds. The van der Waals surface area contributed by atoms with Crippen molar-refractivity contribution in [3.8, 4) is 0 Å². The number of aromatic nitrogens is 1. The van der Waals surface area contributed by atoms with Crippen molar-refractivity contribution in [1.82, 2.24) is 10.5 Å². The number of nitrogens with zero attached hydrogens (tertiary/aromatic N) is 1. The van der Waals surface area contributed by atoms with Gasteiger partial charge < -0.3 is 0 Å². The summed E-state index contributed by atoms with van der Waals surface area (Å²) >= 11 is 3.23. The second kappa shape index (κ2) is 5.07. The summed E-state index contributed by atoms with van der Waals surface area (Å²) in [6.45, 7) is 3.66. The van der Waals surface area contributed by atoms with Gasteiger partial charge in [0.15, 0.2) is 0 Å². The number of rotatable bonds is 3. The summed E-state index contributed by atoms with van der Waals surface area (Å²) in [5.41, 5.74) is 2.63. The van der Waals surface area contributed by atoms with E-state index >= 15 is 0 Å². The summed E-state index contributed by atoms with van der Waals surface area (Å²) in [4.78, 5) is 20.2. The van der Waals surface area contributed by atoms with E-state index in [2.05, 4.69) is 26.4 Å². The number of halogens is 1. The highest BCUT2D eigenvalue weighted by Crippen LogP contribution is 2.07. The van der Waals surface area contributed by atoms with Crippen LogP contribution in [0.5, 0.6) is 0 Å². The van der Waals surface area contributed by atoms with Crippen LogP contribution in [0.4, 0.5) is 0 Å². The zero-order chi connectivity index (χ0) is 10.6. The van der Waals surface area contributed by atoms with Crippen LogP contribution in [0, 0.1) is 0 Å². The van der Waals surface area contributed by atoms with Crippen LogP contribution in [-0.4, -0.2) is 17.0 Å². The van der Waals surface area contributed by atoms with Gasteiger partial charge in [-0.15, -0.1) is 0 Å². The van der Waals surface area contributed by atoms with Crippen molar-refractivity contribution in [2.45, 2.75) is 20.0 Å². The second-order valence-corrected chi connectivity index (χ2v) is 3.88. The molecule has 0 unspecified atom stereocenters. The minimum Gasteiger partial charge on any atom is -0.271 e. The van der Waals surface area contributed by atoms with Gasteiger partial charge in [-0.3, -0.25) is 9.63 Å². The van der Waals surface area contributed by atoms with Crippen molar-refractivity contribution >= 4 is 21.8 Å². The van der Waals surface area contributed by atoms with Crippen LogP contribution in [0.15, 0.2) is 22.8 Å². The van der Waals surface area contributed by atoms with E-state index in [1.165, 1.54) is 0 Å². The first-order valence-electron chi connectivity index (χ1n) is 4.17. The Morgan fingerprint density at radius 3 is 2.79 bits per heavy atom.